The summed E-state index contributed by atoms with van der Waals surface area (Å²) >= 11 is 0. The van der Waals surface area contributed by atoms with E-state index in [1.807, 2.05) is 0 Å². The highest BCUT2D eigenvalue weighted by Crippen LogP contribution is 2.27. The molecule has 2 aliphatic heterocycles. The number of amides is 1. The van der Waals surface area contributed by atoms with E-state index in [1.54, 1.807) is 17.0 Å². The molecule has 2 heterocycles. The van der Waals surface area contributed by atoms with E-state index in [0.29, 0.717) is 38.4 Å². The number of methoxy groups -OCH3 is 1. The van der Waals surface area contributed by atoms with Crippen LogP contribution < -0.4 is 4.74 Å². The third-order valence-electron chi connectivity index (χ3n) is 5.05. The van der Waals surface area contributed by atoms with Gasteiger partial charge in [0.25, 0.3) is 0 Å². The molecule has 1 amide bonds. The number of carbonyl (C=O) groups is 1. The number of hydrogen-bond donors (Lipinski definition) is 0. The first-order valence-electron chi connectivity index (χ1n) is 9.01. The van der Waals surface area contributed by atoms with Crippen molar-refractivity contribution in [2.24, 2.45) is 0 Å². The van der Waals surface area contributed by atoms with E-state index in [9.17, 15) is 17.6 Å². The maximum absolute atomic E-state index is 12.9. The van der Waals surface area contributed by atoms with Crippen LogP contribution >= 0.6 is 0 Å². The predicted molar refractivity (Wildman–Crippen MR) is 97.9 cm³/mol. The molecule has 150 valence electrons. The number of piperazine rings is 1. The minimum absolute atomic E-state index is 0.00962. The molecule has 0 saturated carbocycles. The molecule has 0 unspecified atom stereocenters. The molecule has 0 aromatic heterocycles. The largest absolute Gasteiger partial charge is 0.494 e. The minimum Gasteiger partial charge on any atom is -0.494 e. The maximum atomic E-state index is 12.9. The average Bonchev–Trinajstić information content (AvgIpc) is 2.95. The first-order valence-corrected chi connectivity index (χ1v) is 10.8. The van der Waals surface area contributed by atoms with Crippen molar-refractivity contribution in [2.75, 3.05) is 51.5 Å². The van der Waals surface area contributed by atoms with Gasteiger partial charge in [-0.2, -0.15) is 0 Å². The molecule has 0 spiro atoms. The van der Waals surface area contributed by atoms with Gasteiger partial charge in [0.15, 0.2) is 9.84 Å². The number of nitrogens with zero attached hydrogens (tertiary/aromatic N) is 2. The Kier molecular flexibility index (Phi) is 6.33. The molecule has 3 rings (SSSR count). The third-order valence-corrected chi connectivity index (χ3v) is 6.75. The summed E-state index contributed by atoms with van der Waals surface area (Å²) in [5.74, 6) is 0.219. The Labute approximate surface area is 158 Å². The molecule has 0 N–H and O–H groups in total. The van der Waals surface area contributed by atoms with Gasteiger partial charge in [-0.25, -0.2) is 12.8 Å². The second kappa shape index (κ2) is 8.53. The lowest BCUT2D eigenvalue weighted by molar-refractivity contribution is -0.141. The zero-order valence-electron chi connectivity index (χ0n) is 15.3. The molecule has 0 bridgehead atoms. The first kappa shape index (κ1) is 20.0. The summed E-state index contributed by atoms with van der Waals surface area (Å²) in [6, 6.07) is 5.35. The third kappa shape index (κ3) is 4.97. The van der Waals surface area contributed by atoms with Crippen molar-refractivity contribution >= 4 is 15.7 Å². The highest BCUT2D eigenvalue weighted by atomic mass is 32.2. The van der Waals surface area contributed by atoms with Gasteiger partial charge in [-0.15, -0.1) is 0 Å². The normalized spacial score (nSPS) is 24.6. The molecule has 0 aliphatic carbocycles. The van der Waals surface area contributed by atoms with Crippen LogP contribution in [0.3, 0.4) is 0 Å². The number of sulfone groups is 1. The summed E-state index contributed by atoms with van der Waals surface area (Å²) in [4.78, 5) is 16.0. The van der Waals surface area contributed by atoms with E-state index in [4.69, 9.17) is 9.47 Å². The lowest BCUT2D eigenvalue weighted by atomic mass is 10.0. The van der Waals surface area contributed by atoms with E-state index in [-0.39, 0.29) is 41.9 Å². The molecular formula is C18H25FN2O5S. The molecule has 2 atom stereocenters. The molecule has 2 fully saturated rings. The fourth-order valence-corrected chi connectivity index (χ4v) is 5.82. The quantitative estimate of drug-likeness (QED) is 0.623. The second-order valence-electron chi connectivity index (χ2n) is 6.92. The van der Waals surface area contributed by atoms with Gasteiger partial charge in [0.1, 0.15) is 18.2 Å². The highest BCUT2D eigenvalue weighted by Gasteiger charge is 2.47. The average molecular weight is 400 g/mol. The van der Waals surface area contributed by atoms with E-state index < -0.39 is 9.84 Å². The fraction of sp³-hybridized carbons (Fsp3) is 0.611. The molecule has 0 radical (unpaired) electrons. The number of ether oxygens (including phenoxy) is 2. The van der Waals surface area contributed by atoms with Crippen LogP contribution in [0.4, 0.5) is 4.39 Å². The maximum Gasteiger partial charge on any atom is 0.248 e. The highest BCUT2D eigenvalue weighted by molar-refractivity contribution is 7.91. The summed E-state index contributed by atoms with van der Waals surface area (Å²) in [6.45, 7) is 2.23. The summed E-state index contributed by atoms with van der Waals surface area (Å²) in [7, 11) is -1.71. The molecule has 27 heavy (non-hydrogen) atoms. The van der Waals surface area contributed by atoms with E-state index in [0.717, 1.165) is 0 Å². The smallest absolute Gasteiger partial charge is 0.248 e. The predicted octanol–water partition coefficient (Wildman–Crippen LogP) is 0.551. The SMILES string of the molecule is COCC(=O)N1CCN(CCCOc2ccc(F)cc2)[C@H]2CS(=O)(=O)C[C@H]21. The number of carbonyl (C=O) groups excluding carboxylic acids is 1. The standard InChI is InChI=1S/C18H25FN2O5S/c1-25-11-18(22)21-9-8-20(16-12-27(23,24)13-17(16)21)7-2-10-26-15-5-3-14(19)4-6-15/h3-6,16-17H,2,7-13H2,1H3/t16-,17+/m0/s1. The number of fused-ring (bicyclic) bond motifs is 1. The van der Waals surface area contributed by atoms with E-state index in [2.05, 4.69) is 4.90 Å². The number of rotatable bonds is 7. The molecule has 7 nitrogen and oxygen atoms in total. The van der Waals surface area contributed by atoms with Crippen molar-refractivity contribution in [1.82, 2.24) is 9.80 Å². The van der Waals surface area contributed by atoms with Crippen molar-refractivity contribution in [1.29, 1.82) is 0 Å². The Bertz CT molecular complexity index is 756. The van der Waals surface area contributed by atoms with Gasteiger partial charge in [0, 0.05) is 32.8 Å². The van der Waals surface area contributed by atoms with Crippen LogP contribution in [0.2, 0.25) is 0 Å². The Balaban J connectivity index is 1.55. The van der Waals surface area contributed by atoms with Crippen LogP contribution in [0.5, 0.6) is 5.75 Å². The van der Waals surface area contributed by atoms with Gasteiger partial charge >= 0.3 is 0 Å². The molecule has 2 aliphatic rings. The van der Waals surface area contributed by atoms with Crippen LogP contribution in [-0.2, 0) is 19.4 Å². The zero-order chi connectivity index (χ0) is 19.4. The van der Waals surface area contributed by atoms with Gasteiger partial charge < -0.3 is 14.4 Å². The summed E-state index contributed by atoms with van der Waals surface area (Å²) < 4.78 is 47.7. The van der Waals surface area contributed by atoms with Crippen molar-refractivity contribution in [3.8, 4) is 5.75 Å². The molecular weight excluding hydrogens is 375 g/mol. The van der Waals surface area contributed by atoms with Crippen LogP contribution in [0.15, 0.2) is 24.3 Å². The monoisotopic (exact) mass is 400 g/mol. The lowest BCUT2D eigenvalue weighted by Crippen LogP contribution is -2.61. The van der Waals surface area contributed by atoms with Crippen LogP contribution in [0.1, 0.15) is 6.42 Å². The van der Waals surface area contributed by atoms with Crippen LogP contribution in [0, 0.1) is 5.82 Å². The Morgan fingerprint density at radius 1 is 1.19 bits per heavy atom. The van der Waals surface area contributed by atoms with E-state index in [1.165, 1.54) is 19.2 Å². The first-order chi connectivity index (χ1) is 12.9. The van der Waals surface area contributed by atoms with Crippen LogP contribution in [-0.4, -0.2) is 87.7 Å². The Morgan fingerprint density at radius 2 is 1.89 bits per heavy atom. The van der Waals surface area contributed by atoms with Crippen molar-refractivity contribution in [2.45, 2.75) is 18.5 Å². The molecule has 1 aromatic rings. The minimum atomic E-state index is -3.16. The van der Waals surface area contributed by atoms with Crippen molar-refractivity contribution in [3.05, 3.63) is 30.1 Å². The van der Waals surface area contributed by atoms with Gasteiger partial charge in [-0.05, 0) is 30.7 Å². The number of halogens is 1. The molecule has 2 saturated heterocycles. The van der Waals surface area contributed by atoms with E-state index >= 15 is 0 Å². The van der Waals surface area contributed by atoms with Crippen LogP contribution in [0.25, 0.3) is 0 Å². The number of benzene rings is 1. The summed E-state index contributed by atoms with van der Waals surface area (Å²) in [6.07, 6.45) is 0.715. The Morgan fingerprint density at radius 3 is 2.59 bits per heavy atom. The summed E-state index contributed by atoms with van der Waals surface area (Å²) in [5.41, 5.74) is 0. The van der Waals surface area contributed by atoms with Gasteiger partial charge in [0.2, 0.25) is 5.91 Å². The van der Waals surface area contributed by atoms with Gasteiger partial charge in [0.05, 0.1) is 24.2 Å². The lowest BCUT2D eigenvalue weighted by Gasteiger charge is -2.43. The van der Waals surface area contributed by atoms with Gasteiger partial charge in [-0.3, -0.25) is 9.69 Å². The summed E-state index contributed by atoms with van der Waals surface area (Å²) in [5, 5.41) is 0. The fourth-order valence-electron chi connectivity index (χ4n) is 3.81. The zero-order valence-corrected chi connectivity index (χ0v) is 16.2. The van der Waals surface area contributed by atoms with Gasteiger partial charge in [-0.1, -0.05) is 0 Å². The molecule has 9 heteroatoms. The molecule has 1 aromatic carbocycles. The topological polar surface area (TPSA) is 76.2 Å². The Hall–Kier alpha value is -1.71. The van der Waals surface area contributed by atoms with Crippen molar-refractivity contribution in [3.63, 3.8) is 0 Å². The second-order valence-corrected chi connectivity index (χ2v) is 9.08. The number of hydrogen-bond acceptors (Lipinski definition) is 6. The van der Waals surface area contributed by atoms with Crippen molar-refractivity contribution < 1.29 is 27.1 Å².